The number of nitrogens with zero attached hydrogens (tertiary/aromatic N) is 1. The molecule has 0 aromatic heterocycles. The highest BCUT2D eigenvalue weighted by molar-refractivity contribution is 5.91. The first-order valence-corrected chi connectivity index (χ1v) is 11.4. The summed E-state index contributed by atoms with van der Waals surface area (Å²) in [6.45, 7) is 3.58. The summed E-state index contributed by atoms with van der Waals surface area (Å²) in [7, 11) is 0. The lowest BCUT2D eigenvalue weighted by molar-refractivity contribution is -0.122. The average Bonchev–Trinajstić information content (AvgIpc) is 2.83. The molecule has 0 bridgehead atoms. The molecule has 0 atom stereocenters. The van der Waals surface area contributed by atoms with Gasteiger partial charge < -0.3 is 10.6 Å². The van der Waals surface area contributed by atoms with Crippen molar-refractivity contribution in [2.24, 2.45) is 5.73 Å². The van der Waals surface area contributed by atoms with E-state index in [9.17, 15) is 4.79 Å². The average molecular weight is 413 g/mol. The molecule has 3 aromatic rings. The summed E-state index contributed by atoms with van der Waals surface area (Å²) in [5.74, 6) is -0.320. The topological polar surface area (TPSA) is 46.3 Å². The Morgan fingerprint density at radius 3 is 1.77 bits per heavy atom. The number of carbonyl (C=O) groups excluding carboxylic acids is 1. The number of piperidine rings is 1. The number of amides is 1. The molecule has 2 N–H and O–H groups in total. The zero-order chi connectivity index (χ0) is 21.5. The van der Waals surface area contributed by atoms with E-state index in [1.807, 2.05) is 60.7 Å². The minimum Gasteiger partial charge on any atom is -0.369 e. The van der Waals surface area contributed by atoms with Gasteiger partial charge in [-0.1, -0.05) is 91.3 Å². The van der Waals surface area contributed by atoms with Crippen LogP contribution >= 0.6 is 0 Å². The molecule has 0 saturated carbocycles. The van der Waals surface area contributed by atoms with Crippen LogP contribution in [-0.4, -0.2) is 30.4 Å². The maximum absolute atomic E-state index is 13.0. The number of nitrogens with two attached hydrogens (primary N) is 1. The molecule has 3 aromatic carbocycles. The van der Waals surface area contributed by atoms with E-state index in [2.05, 4.69) is 29.2 Å². The first kappa shape index (κ1) is 21.3. The number of likely N-dealkylation sites (tertiary alicyclic amines) is 1. The largest absolute Gasteiger partial charge is 0.369 e. The monoisotopic (exact) mass is 412 g/mol. The molecule has 1 saturated heterocycles. The van der Waals surface area contributed by atoms with Crippen LogP contribution in [0.1, 0.15) is 41.5 Å². The van der Waals surface area contributed by atoms with Crippen LogP contribution in [0.15, 0.2) is 84.9 Å². The van der Waals surface area contributed by atoms with E-state index >= 15 is 0 Å². The minimum atomic E-state index is -0.891. The highest BCUT2D eigenvalue weighted by Crippen LogP contribution is 2.36. The third-order valence-electron chi connectivity index (χ3n) is 6.61. The van der Waals surface area contributed by atoms with Crippen LogP contribution in [0.3, 0.4) is 0 Å². The van der Waals surface area contributed by atoms with Gasteiger partial charge in [-0.05, 0) is 61.0 Å². The molecule has 160 valence electrons. The van der Waals surface area contributed by atoms with Gasteiger partial charge in [0.05, 0.1) is 0 Å². The van der Waals surface area contributed by atoms with Crippen molar-refractivity contribution in [1.82, 2.24) is 4.90 Å². The summed E-state index contributed by atoms with van der Waals surface area (Å²) in [4.78, 5) is 15.6. The van der Waals surface area contributed by atoms with Gasteiger partial charge in [0.25, 0.3) is 0 Å². The summed E-state index contributed by atoms with van der Waals surface area (Å²) in [6, 6.07) is 28.6. The van der Waals surface area contributed by atoms with E-state index in [0.717, 1.165) is 29.7 Å². The van der Waals surface area contributed by atoms with Gasteiger partial charge in [0.1, 0.15) is 5.41 Å². The summed E-state index contributed by atoms with van der Waals surface area (Å²) in [6.07, 6.45) is 5.64. The Balaban J connectivity index is 1.58. The Hall–Kier alpha value is -2.91. The molecule has 4 rings (SSSR count). The lowest BCUT2D eigenvalue weighted by Gasteiger charge is -2.32. The van der Waals surface area contributed by atoms with Crippen molar-refractivity contribution in [2.75, 3.05) is 19.6 Å². The zero-order valence-electron chi connectivity index (χ0n) is 18.2. The Morgan fingerprint density at radius 1 is 0.742 bits per heavy atom. The zero-order valence-corrected chi connectivity index (χ0v) is 18.2. The third kappa shape index (κ3) is 4.88. The molecule has 1 amide bonds. The fourth-order valence-corrected chi connectivity index (χ4v) is 4.79. The van der Waals surface area contributed by atoms with Crippen molar-refractivity contribution >= 4 is 5.91 Å². The fraction of sp³-hybridized carbons (Fsp3) is 0.321. The van der Waals surface area contributed by atoms with Crippen molar-refractivity contribution in [2.45, 2.75) is 37.5 Å². The van der Waals surface area contributed by atoms with Crippen LogP contribution in [0, 0.1) is 0 Å². The molecule has 1 aliphatic rings. The highest BCUT2D eigenvalue weighted by Gasteiger charge is 2.40. The fourth-order valence-electron chi connectivity index (χ4n) is 4.79. The summed E-state index contributed by atoms with van der Waals surface area (Å²) >= 11 is 0. The van der Waals surface area contributed by atoms with Crippen molar-refractivity contribution in [1.29, 1.82) is 0 Å². The summed E-state index contributed by atoms with van der Waals surface area (Å²) in [5.41, 5.74) is 9.54. The van der Waals surface area contributed by atoms with Crippen LogP contribution in [0.25, 0.3) is 0 Å². The van der Waals surface area contributed by atoms with Crippen LogP contribution in [-0.2, 0) is 23.1 Å². The lowest BCUT2D eigenvalue weighted by Crippen LogP contribution is -2.44. The van der Waals surface area contributed by atoms with Crippen molar-refractivity contribution in [3.8, 4) is 0 Å². The predicted octanol–water partition coefficient (Wildman–Crippen LogP) is 4.73. The minimum absolute atomic E-state index is 0.320. The third-order valence-corrected chi connectivity index (χ3v) is 6.61. The molecule has 0 spiro atoms. The van der Waals surface area contributed by atoms with Crippen LogP contribution in [0.5, 0.6) is 0 Å². The Morgan fingerprint density at radius 2 is 1.26 bits per heavy atom. The number of hydrogen-bond acceptors (Lipinski definition) is 2. The van der Waals surface area contributed by atoms with Gasteiger partial charge in [-0.15, -0.1) is 0 Å². The highest BCUT2D eigenvalue weighted by atomic mass is 16.1. The molecular formula is C28H32N2O. The van der Waals surface area contributed by atoms with Gasteiger partial charge in [-0.2, -0.15) is 0 Å². The molecule has 1 aliphatic heterocycles. The van der Waals surface area contributed by atoms with Crippen molar-refractivity contribution < 1.29 is 4.79 Å². The molecule has 0 unspecified atom stereocenters. The number of rotatable bonds is 8. The van der Waals surface area contributed by atoms with Gasteiger partial charge in [0.2, 0.25) is 5.91 Å². The second-order valence-corrected chi connectivity index (χ2v) is 8.65. The molecule has 0 radical (unpaired) electrons. The van der Waals surface area contributed by atoms with Gasteiger partial charge in [-0.25, -0.2) is 0 Å². The normalized spacial score (nSPS) is 15.0. The Labute approximate surface area is 185 Å². The SMILES string of the molecule is NC(=O)C(Cc1ccc(CCN2CCCCC2)cc1)(c1ccccc1)c1ccccc1. The van der Waals surface area contributed by atoms with E-state index in [4.69, 9.17) is 5.73 Å². The van der Waals surface area contributed by atoms with Gasteiger partial charge in [-0.3, -0.25) is 4.79 Å². The van der Waals surface area contributed by atoms with E-state index < -0.39 is 5.41 Å². The lowest BCUT2D eigenvalue weighted by atomic mass is 9.70. The van der Waals surface area contributed by atoms with E-state index in [-0.39, 0.29) is 5.91 Å². The maximum atomic E-state index is 13.0. The second kappa shape index (κ2) is 9.93. The van der Waals surface area contributed by atoms with E-state index in [1.54, 1.807) is 0 Å². The first-order chi connectivity index (χ1) is 15.2. The van der Waals surface area contributed by atoms with Gasteiger partial charge >= 0.3 is 0 Å². The second-order valence-electron chi connectivity index (χ2n) is 8.65. The van der Waals surface area contributed by atoms with Crippen LogP contribution in [0.2, 0.25) is 0 Å². The molecule has 3 heteroatoms. The van der Waals surface area contributed by atoms with Crippen LogP contribution < -0.4 is 5.73 Å². The van der Waals surface area contributed by atoms with E-state index in [1.165, 1.54) is 37.9 Å². The smallest absolute Gasteiger partial charge is 0.232 e. The van der Waals surface area contributed by atoms with Crippen molar-refractivity contribution in [3.63, 3.8) is 0 Å². The maximum Gasteiger partial charge on any atom is 0.232 e. The van der Waals surface area contributed by atoms with E-state index in [0.29, 0.717) is 6.42 Å². The standard InChI is InChI=1S/C28H32N2O/c29-27(31)28(25-10-4-1-5-11-25,26-12-6-2-7-13-26)22-24-16-14-23(15-17-24)18-21-30-19-8-3-9-20-30/h1-2,4-7,10-17H,3,8-9,18-22H2,(H2,29,31). The predicted molar refractivity (Wildman–Crippen MR) is 127 cm³/mol. The van der Waals surface area contributed by atoms with Gasteiger partial charge in [0, 0.05) is 6.54 Å². The number of primary amides is 1. The van der Waals surface area contributed by atoms with Gasteiger partial charge in [0.15, 0.2) is 0 Å². The molecule has 1 fully saturated rings. The summed E-state index contributed by atoms with van der Waals surface area (Å²) in [5, 5.41) is 0. The van der Waals surface area contributed by atoms with Crippen LogP contribution in [0.4, 0.5) is 0 Å². The number of carbonyl (C=O) groups is 1. The Kier molecular flexibility index (Phi) is 6.83. The molecule has 3 nitrogen and oxygen atoms in total. The Bertz CT molecular complexity index is 921. The molecule has 31 heavy (non-hydrogen) atoms. The molecular weight excluding hydrogens is 380 g/mol. The molecule has 0 aliphatic carbocycles. The first-order valence-electron chi connectivity index (χ1n) is 11.4. The van der Waals surface area contributed by atoms with Crippen molar-refractivity contribution in [3.05, 3.63) is 107 Å². The quantitative estimate of drug-likeness (QED) is 0.581. The summed E-state index contributed by atoms with van der Waals surface area (Å²) < 4.78 is 0. The molecule has 1 heterocycles. The number of benzene rings is 3. The number of hydrogen-bond donors (Lipinski definition) is 1.